The molecule has 1 N–H and O–H groups in total. The molecule has 7 nitrogen and oxygen atoms in total. The number of esters is 1. The third-order valence-corrected chi connectivity index (χ3v) is 13.5. The minimum Gasteiger partial charge on any atom is -0.462 e. The van der Waals surface area contributed by atoms with Crippen LogP contribution in [0.5, 0.6) is 0 Å². The van der Waals surface area contributed by atoms with Crippen LogP contribution in [0.4, 0.5) is 0 Å². The molecule has 7 heteroatoms. The summed E-state index contributed by atoms with van der Waals surface area (Å²) in [6.45, 7) is 15.1. The van der Waals surface area contributed by atoms with E-state index in [4.69, 9.17) is 4.74 Å². The summed E-state index contributed by atoms with van der Waals surface area (Å²) in [5.41, 5.74) is 1.34. The van der Waals surface area contributed by atoms with Gasteiger partial charge in [-0.15, -0.1) is 0 Å². The van der Waals surface area contributed by atoms with E-state index in [1.807, 2.05) is 4.90 Å². The molecule has 0 aromatic rings. The number of nitrogens with zero attached hydrogens (tertiary/aromatic N) is 3. The number of ether oxygens (including phenoxy) is 1. The van der Waals surface area contributed by atoms with Gasteiger partial charge in [-0.1, -0.05) is 52.2 Å². The fourth-order valence-corrected chi connectivity index (χ4v) is 10.9. The van der Waals surface area contributed by atoms with E-state index in [9.17, 15) is 14.7 Å². The molecule has 3 saturated carbocycles. The predicted octanol–water partition coefficient (Wildman–Crippen LogP) is 7.57. The first kappa shape index (κ1) is 39.3. The normalized spacial score (nSPS) is 32.8. The van der Waals surface area contributed by atoms with Gasteiger partial charge in [0.1, 0.15) is 6.10 Å². The van der Waals surface area contributed by atoms with E-state index in [0.717, 1.165) is 84.0 Å². The number of rotatable bonds is 17. The Hall–Kier alpha value is -1.44. The van der Waals surface area contributed by atoms with Crippen molar-refractivity contribution in [1.82, 2.24) is 14.7 Å². The molecular weight excluding hydrogens is 598 g/mol. The lowest BCUT2D eigenvalue weighted by atomic mass is 9.46. The number of hydrogen-bond acceptors (Lipinski definition) is 6. The monoisotopic (exact) mass is 672 g/mol. The Morgan fingerprint density at radius 3 is 2.21 bits per heavy atom. The Morgan fingerprint density at radius 1 is 0.917 bits per heavy atom. The van der Waals surface area contributed by atoms with Crippen molar-refractivity contribution in [3.05, 3.63) is 11.6 Å². The highest BCUT2D eigenvalue weighted by molar-refractivity contribution is 5.81. The van der Waals surface area contributed by atoms with Crippen LogP contribution in [0.1, 0.15) is 131 Å². The van der Waals surface area contributed by atoms with Crippen LogP contribution < -0.4 is 0 Å². The molecule has 0 aromatic carbocycles. The quantitative estimate of drug-likeness (QED) is 0.127. The van der Waals surface area contributed by atoms with Crippen LogP contribution >= 0.6 is 0 Å². The molecule has 0 radical (unpaired) electrons. The third kappa shape index (κ3) is 9.46. The summed E-state index contributed by atoms with van der Waals surface area (Å²) in [6, 6.07) is 0. The van der Waals surface area contributed by atoms with E-state index in [1.54, 1.807) is 0 Å². The molecule has 8 atom stereocenters. The zero-order chi connectivity index (χ0) is 35.3. The zero-order valence-electron chi connectivity index (χ0n) is 32.5. The molecule has 4 aliphatic rings. The van der Waals surface area contributed by atoms with Gasteiger partial charge in [0.2, 0.25) is 5.91 Å². The van der Waals surface area contributed by atoms with Crippen LogP contribution in [0.15, 0.2) is 11.6 Å². The Balaban J connectivity index is 1.31. The van der Waals surface area contributed by atoms with Gasteiger partial charge in [0.15, 0.2) is 0 Å². The summed E-state index contributed by atoms with van der Waals surface area (Å²) >= 11 is 0. The predicted molar refractivity (Wildman–Crippen MR) is 197 cm³/mol. The second kappa shape index (κ2) is 16.7. The summed E-state index contributed by atoms with van der Waals surface area (Å²) in [4.78, 5) is 32.5. The molecule has 48 heavy (non-hydrogen) atoms. The number of amides is 1. The van der Waals surface area contributed by atoms with Gasteiger partial charge in [0.05, 0.1) is 12.0 Å². The van der Waals surface area contributed by atoms with Crippen LogP contribution in [0.3, 0.4) is 0 Å². The van der Waals surface area contributed by atoms with Crippen LogP contribution in [-0.4, -0.2) is 97.8 Å². The van der Waals surface area contributed by atoms with Crippen molar-refractivity contribution < 1.29 is 19.4 Å². The van der Waals surface area contributed by atoms with Gasteiger partial charge in [-0.3, -0.25) is 9.59 Å². The minimum atomic E-state index is -0.576. The Labute approximate surface area is 294 Å². The fraction of sp³-hybridized carbons (Fsp3) is 0.902. The van der Waals surface area contributed by atoms with Crippen molar-refractivity contribution in [3.8, 4) is 0 Å². The van der Waals surface area contributed by atoms with E-state index < -0.39 is 5.60 Å². The molecule has 276 valence electrons. The second-order valence-electron chi connectivity index (χ2n) is 18.1. The standard InChI is InChI=1S/C41H73N3O4/c1-30(2)13-10-22-41(5,47)36-17-16-34-33-15-14-31-29-32(20-23-39(31,3)35(33)21-24-40(34,36)4)48-38(46)19-18-37(45)44(27-11-25-42(6)7)28-12-26-43(8)9/h14,30,32-36,47H,10-13,15-29H2,1-9H3/t32-,33-,34-,35-,36-,39-,40-,41?/m0/s1. The van der Waals surface area contributed by atoms with Crippen molar-refractivity contribution >= 4 is 11.9 Å². The molecule has 0 spiro atoms. The van der Waals surface area contributed by atoms with Crippen molar-refractivity contribution in [1.29, 1.82) is 0 Å². The van der Waals surface area contributed by atoms with Gasteiger partial charge < -0.3 is 24.5 Å². The van der Waals surface area contributed by atoms with Gasteiger partial charge in [-0.25, -0.2) is 0 Å². The van der Waals surface area contributed by atoms with Crippen LogP contribution in [0, 0.1) is 40.4 Å². The van der Waals surface area contributed by atoms with Gasteiger partial charge in [0.25, 0.3) is 0 Å². The van der Waals surface area contributed by atoms with Gasteiger partial charge in [-0.2, -0.15) is 0 Å². The Bertz CT molecular complexity index is 1090. The first-order chi connectivity index (χ1) is 22.6. The number of carbonyl (C=O) groups excluding carboxylic acids is 2. The minimum absolute atomic E-state index is 0.0669. The maximum Gasteiger partial charge on any atom is 0.306 e. The lowest BCUT2D eigenvalue weighted by molar-refractivity contribution is -0.153. The maximum atomic E-state index is 13.2. The van der Waals surface area contributed by atoms with E-state index in [-0.39, 0.29) is 41.7 Å². The van der Waals surface area contributed by atoms with Crippen LogP contribution in [0.2, 0.25) is 0 Å². The highest BCUT2D eigenvalue weighted by Crippen LogP contribution is 2.67. The van der Waals surface area contributed by atoms with Gasteiger partial charge in [-0.05, 0) is 153 Å². The summed E-state index contributed by atoms with van der Waals surface area (Å²) in [7, 11) is 8.23. The molecule has 1 unspecified atom stereocenters. The highest BCUT2D eigenvalue weighted by atomic mass is 16.5. The first-order valence-electron chi connectivity index (χ1n) is 19.8. The Kier molecular flexibility index (Phi) is 13.7. The molecule has 0 saturated heterocycles. The molecule has 4 aliphatic carbocycles. The molecule has 0 bridgehead atoms. The van der Waals surface area contributed by atoms with Crippen LogP contribution in [-0.2, 0) is 14.3 Å². The number of carbonyl (C=O) groups is 2. The summed E-state index contributed by atoms with van der Waals surface area (Å²) in [5, 5.41) is 11.8. The first-order valence-corrected chi connectivity index (χ1v) is 19.8. The van der Waals surface area contributed by atoms with E-state index in [0.29, 0.717) is 29.6 Å². The average molecular weight is 672 g/mol. The second-order valence-corrected chi connectivity index (χ2v) is 18.1. The van der Waals surface area contributed by atoms with E-state index in [2.05, 4.69) is 78.7 Å². The summed E-state index contributed by atoms with van der Waals surface area (Å²) in [5.74, 6) is 2.99. The SMILES string of the molecule is CC(C)CCCC(C)(O)[C@H]1CC[C@H]2[C@@H]3CC=C4C[C@@H](OC(=O)CCC(=O)N(CCCN(C)C)CCCN(C)C)CC[C@]4(C)[C@H]3CC[C@]12C. The largest absolute Gasteiger partial charge is 0.462 e. The molecule has 3 fully saturated rings. The van der Waals surface area contributed by atoms with Gasteiger partial charge in [0, 0.05) is 25.9 Å². The number of hydrogen-bond donors (Lipinski definition) is 1. The lowest BCUT2D eigenvalue weighted by Gasteiger charge is -2.59. The summed E-state index contributed by atoms with van der Waals surface area (Å²) in [6.07, 6.45) is 16.8. The molecule has 4 rings (SSSR count). The molecular formula is C41H73N3O4. The van der Waals surface area contributed by atoms with E-state index >= 15 is 0 Å². The highest BCUT2D eigenvalue weighted by Gasteiger charge is 2.61. The maximum absolute atomic E-state index is 13.2. The zero-order valence-corrected chi connectivity index (χ0v) is 32.5. The summed E-state index contributed by atoms with van der Waals surface area (Å²) < 4.78 is 6.07. The molecule has 0 heterocycles. The Morgan fingerprint density at radius 2 is 1.58 bits per heavy atom. The van der Waals surface area contributed by atoms with Crippen molar-refractivity contribution in [2.45, 2.75) is 143 Å². The molecule has 1 amide bonds. The van der Waals surface area contributed by atoms with Crippen LogP contribution in [0.25, 0.3) is 0 Å². The van der Waals surface area contributed by atoms with Crippen molar-refractivity contribution in [2.24, 2.45) is 40.4 Å². The number of fused-ring (bicyclic) bond motifs is 5. The smallest absolute Gasteiger partial charge is 0.306 e. The van der Waals surface area contributed by atoms with Crippen molar-refractivity contribution in [2.75, 3.05) is 54.4 Å². The fourth-order valence-electron chi connectivity index (χ4n) is 10.9. The van der Waals surface area contributed by atoms with E-state index in [1.165, 1.54) is 31.3 Å². The average Bonchev–Trinajstić information content (AvgIpc) is 3.37. The molecule has 0 aromatic heterocycles. The number of aliphatic hydroxyl groups is 1. The third-order valence-electron chi connectivity index (χ3n) is 13.5. The number of allylic oxidation sites excluding steroid dienone is 1. The van der Waals surface area contributed by atoms with Gasteiger partial charge >= 0.3 is 5.97 Å². The topological polar surface area (TPSA) is 73.3 Å². The lowest BCUT2D eigenvalue weighted by Crippen LogP contribution is -2.53. The van der Waals surface area contributed by atoms with Crippen molar-refractivity contribution in [3.63, 3.8) is 0 Å². The molecule has 0 aliphatic heterocycles.